The highest BCUT2D eigenvalue weighted by Gasteiger charge is 2.39. The quantitative estimate of drug-likeness (QED) is 0.738. The molecular weight excluding hydrogens is 196 g/mol. The minimum atomic E-state index is -1.31. The van der Waals surface area contributed by atoms with Crippen molar-refractivity contribution in [3.05, 3.63) is 46.9 Å². The van der Waals surface area contributed by atoms with Crippen LogP contribution in [0.2, 0.25) is 0 Å². The predicted molar refractivity (Wildman–Crippen MR) is 53.6 cm³/mol. The third-order valence-corrected chi connectivity index (χ3v) is 2.47. The van der Waals surface area contributed by atoms with Gasteiger partial charge in [0.05, 0.1) is 0 Å². The lowest BCUT2D eigenvalue weighted by Crippen LogP contribution is -2.45. The summed E-state index contributed by atoms with van der Waals surface area (Å²) in [4.78, 5) is 22.7. The predicted octanol–water partition coefficient (Wildman–Crippen LogP) is 0.472. The average molecular weight is 206 g/mol. The second kappa shape index (κ2) is 3.27. The molecule has 0 saturated heterocycles. The topological polar surface area (TPSA) is 75.1 Å². The van der Waals surface area contributed by atoms with E-state index in [0.717, 1.165) is 4.68 Å². The first kappa shape index (κ1) is 9.51. The maximum absolute atomic E-state index is 11.4. The number of rotatable bonds is 2. The number of aromatic nitrogens is 2. The lowest BCUT2D eigenvalue weighted by molar-refractivity contribution is -0.145. The van der Waals surface area contributed by atoms with Gasteiger partial charge in [0.2, 0.25) is 0 Å². The molecule has 0 spiro atoms. The maximum atomic E-state index is 11.4. The van der Waals surface area contributed by atoms with Crippen molar-refractivity contribution in [1.29, 1.82) is 0 Å². The van der Waals surface area contributed by atoms with Gasteiger partial charge in [0.1, 0.15) is 0 Å². The summed E-state index contributed by atoms with van der Waals surface area (Å²) >= 11 is 0. The molecule has 1 aromatic rings. The first-order chi connectivity index (χ1) is 7.17. The summed E-state index contributed by atoms with van der Waals surface area (Å²) in [6.45, 7) is 0. The van der Waals surface area contributed by atoms with Gasteiger partial charge in [-0.2, -0.15) is 0 Å². The van der Waals surface area contributed by atoms with E-state index < -0.39 is 11.5 Å². The van der Waals surface area contributed by atoms with Gasteiger partial charge in [0.25, 0.3) is 5.56 Å². The van der Waals surface area contributed by atoms with Gasteiger partial charge < -0.3 is 10.2 Å². The van der Waals surface area contributed by atoms with Crippen LogP contribution in [0.25, 0.3) is 0 Å². The third-order valence-electron chi connectivity index (χ3n) is 2.47. The van der Waals surface area contributed by atoms with E-state index >= 15 is 0 Å². The molecule has 0 bridgehead atoms. The molecule has 0 aliphatic heterocycles. The molecule has 0 aromatic carbocycles. The summed E-state index contributed by atoms with van der Waals surface area (Å²) in [5.74, 6) is -1.05. The van der Waals surface area contributed by atoms with Crippen LogP contribution >= 0.6 is 0 Å². The maximum Gasteiger partial charge on any atom is 0.336 e. The van der Waals surface area contributed by atoms with Gasteiger partial charge in [-0.15, -0.1) is 0 Å². The number of carboxylic acids is 1. The van der Waals surface area contributed by atoms with Crippen molar-refractivity contribution < 1.29 is 9.90 Å². The van der Waals surface area contributed by atoms with Crippen molar-refractivity contribution in [2.45, 2.75) is 12.0 Å². The smallest absolute Gasteiger partial charge is 0.336 e. The second-order valence-electron chi connectivity index (χ2n) is 3.36. The Balaban J connectivity index is 2.59. The summed E-state index contributed by atoms with van der Waals surface area (Å²) < 4.78 is 1.12. The Kier molecular flexibility index (Phi) is 2.07. The Morgan fingerprint density at radius 2 is 2.33 bits per heavy atom. The van der Waals surface area contributed by atoms with E-state index in [1.807, 2.05) is 0 Å². The SMILES string of the molecule is O=C(O)C1(n2[nH]ccc2=O)C=CC=CC1. The van der Waals surface area contributed by atoms with Crippen molar-refractivity contribution in [2.75, 3.05) is 0 Å². The first-order valence-electron chi connectivity index (χ1n) is 4.51. The van der Waals surface area contributed by atoms with Gasteiger partial charge in [0.15, 0.2) is 5.54 Å². The van der Waals surface area contributed by atoms with Crippen molar-refractivity contribution in [3.8, 4) is 0 Å². The van der Waals surface area contributed by atoms with E-state index in [4.69, 9.17) is 0 Å². The molecule has 1 atom stereocenters. The third kappa shape index (κ3) is 1.32. The van der Waals surface area contributed by atoms with E-state index in [1.165, 1.54) is 18.3 Å². The van der Waals surface area contributed by atoms with Crippen molar-refractivity contribution in [1.82, 2.24) is 9.78 Å². The van der Waals surface area contributed by atoms with E-state index in [0.29, 0.717) is 0 Å². The van der Waals surface area contributed by atoms with E-state index in [1.54, 1.807) is 18.2 Å². The van der Waals surface area contributed by atoms with Gasteiger partial charge in [0, 0.05) is 18.7 Å². The van der Waals surface area contributed by atoms with Crippen LogP contribution in [0.4, 0.5) is 0 Å². The summed E-state index contributed by atoms with van der Waals surface area (Å²) in [5.41, 5.74) is -1.66. The number of H-pyrrole nitrogens is 1. The molecule has 2 rings (SSSR count). The zero-order chi connectivity index (χ0) is 10.9. The zero-order valence-electron chi connectivity index (χ0n) is 7.88. The number of nitrogens with one attached hydrogen (secondary N) is 1. The summed E-state index contributed by atoms with van der Waals surface area (Å²) in [5, 5.41) is 11.9. The van der Waals surface area contributed by atoms with Crippen LogP contribution in [0.3, 0.4) is 0 Å². The Labute approximate surface area is 85.3 Å². The van der Waals surface area contributed by atoms with Crippen LogP contribution in [0, 0.1) is 0 Å². The highest BCUT2D eigenvalue weighted by molar-refractivity contribution is 5.80. The van der Waals surface area contributed by atoms with Gasteiger partial charge in [-0.1, -0.05) is 18.2 Å². The van der Waals surface area contributed by atoms with Crippen molar-refractivity contribution >= 4 is 5.97 Å². The van der Waals surface area contributed by atoms with E-state index in [9.17, 15) is 14.7 Å². The van der Waals surface area contributed by atoms with Crippen molar-refractivity contribution in [3.63, 3.8) is 0 Å². The zero-order valence-corrected chi connectivity index (χ0v) is 7.88. The first-order valence-corrected chi connectivity index (χ1v) is 4.51. The molecule has 2 N–H and O–H groups in total. The van der Waals surface area contributed by atoms with Crippen LogP contribution < -0.4 is 5.56 Å². The molecule has 15 heavy (non-hydrogen) atoms. The molecular formula is C10H10N2O3. The summed E-state index contributed by atoms with van der Waals surface area (Å²) in [7, 11) is 0. The number of nitrogens with zero attached hydrogens (tertiary/aromatic N) is 1. The molecule has 0 fully saturated rings. The highest BCUT2D eigenvalue weighted by Crippen LogP contribution is 2.24. The number of carbonyl (C=O) groups is 1. The summed E-state index contributed by atoms with van der Waals surface area (Å²) in [6.07, 6.45) is 8.31. The van der Waals surface area contributed by atoms with E-state index in [2.05, 4.69) is 5.10 Å². The van der Waals surface area contributed by atoms with Crippen LogP contribution in [0.5, 0.6) is 0 Å². The van der Waals surface area contributed by atoms with Crippen molar-refractivity contribution in [2.24, 2.45) is 0 Å². The van der Waals surface area contributed by atoms with Crippen LogP contribution in [0.1, 0.15) is 6.42 Å². The van der Waals surface area contributed by atoms with E-state index in [-0.39, 0.29) is 12.0 Å². The molecule has 1 unspecified atom stereocenters. The number of hydrogen-bond acceptors (Lipinski definition) is 2. The van der Waals surface area contributed by atoms with Crippen LogP contribution in [-0.2, 0) is 10.3 Å². The number of aromatic amines is 1. The molecule has 1 aliphatic carbocycles. The van der Waals surface area contributed by atoms with Gasteiger partial charge >= 0.3 is 5.97 Å². The number of aliphatic carboxylic acids is 1. The number of hydrogen-bond donors (Lipinski definition) is 2. The summed E-state index contributed by atoms with van der Waals surface area (Å²) in [6, 6.07) is 1.30. The van der Waals surface area contributed by atoms with Gasteiger partial charge in [-0.3, -0.25) is 4.79 Å². The molecule has 1 aromatic heterocycles. The molecule has 1 aliphatic rings. The van der Waals surface area contributed by atoms with Gasteiger partial charge in [-0.25, -0.2) is 9.48 Å². The lowest BCUT2D eigenvalue weighted by Gasteiger charge is -2.26. The minimum Gasteiger partial charge on any atom is -0.479 e. The molecule has 0 amide bonds. The molecule has 5 nitrogen and oxygen atoms in total. The largest absolute Gasteiger partial charge is 0.479 e. The molecule has 0 saturated carbocycles. The van der Waals surface area contributed by atoms with Crippen LogP contribution in [0.15, 0.2) is 41.4 Å². The monoisotopic (exact) mass is 206 g/mol. The fraction of sp³-hybridized carbons (Fsp3) is 0.200. The number of allylic oxidation sites excluding steroid dienone is 3. The molecule has 0 radical (unpaired) electrons. The fourth-order valence-electron chi connectivity index (χ4n) is 1.66. The Morgan fingerprint density at radius 1 is 1.53 bits per heavy atom. The molecule has 78 valence electrons. The lowest BCUT2D eigenvalue weighted by atomic mass is 9.91. The Hall–Kier alpha value is -2.04. The second-order valence-corrected chi connectivity index (χ2v) is 3.36. The van der Waals surface area contributed by atoms with Crippen LogP contribution in [-0.4, -0.2) is 20.9 Å². The highest BCUT2D eigenvalue weighted by atomic mass is 16.4. The Morgan fingerprint density at radius 3 is 2.80 bits per heavy atom. The Bertz CT molecular complexity index is 495. The molecule has 1 heterocycles. The number of carboxylic acid groups (broad SMARTS) is 1. The fourth-order valence-corrected chi connectivity index (χ4v) is 1.66. The standard InChI is InChI=1S/C10H10N2O3/c13-8-4-7-11-12(8)10(9(14)15)5-2-1-3-6-10/h1-5,7,11H,6H2,(H,14,15). The van der Waals surface area contributed by atoms with Gasteiger partial charge in [-0.05, 0) is 6.08 Å². The normalized spacial score (nSPS) is 24.3. The molecule has 5 heteroatoms. The average Bonchev–Trinajstić information content (AvgIpc) is 2.66. The minimum absolute atomic E-state index is 0.263.